The van der Waals surface area contributed by atoms with Crippen LogP contribution in [0.2, 0.25) is 0 Å². The Hall–Kier alpha value is -0.260. The van der Waals surface area contributed by atoms with Crippen molar-refractivity contribution in [3.63, 3.8) is 0 Å². The summed E-state index contributed by atoms with van der Waals surface area (Å²) in [7, 11) is 0. The van der Waals surface area contributed by atoms with Gasteiger partial charge in [0.05, 0.1) is 6.61 Å². The molecule has 4 nitrogen and oxygen atoms in total. The van der Waals surface area contributed by atoms with E-state index < -0.39 is 5.91 Å². The van der Waals surface area contributed by atoms with Crippen LogP contribution in [0.5, 0.6) is 0 Å². The largest absolute Gasteiger partial charge is 0.370 e. The molecule has 0 aromatic carbocycles. The Morgan fingerprint density at radius 2 is 2.50 bits per heavy atom. The second kappa shape index (κ2) is 7.09. The minimum absolute atomic E-state index is 0.0289. The predicted octanol–water partition coefficient (Wildman–Crippen LogP) is -0.0265. The minimum atomic E-state index is -0.404. The fourth-order valence-electron chi connectivity index (χ4n) is 1.41. The number of carbonyl (C=O) groups is 1. The average molecular weight is 218 g/mol. The van der Waals surface area contributed by atoms with Gasteiger partial charge in [0.15, 0.2) is 0 Å². The molecule has 1 heterocycles. The zero-order chi connectivity index (χ0) is 10.2. The summed E-state index contributed by atoms with van der Waals surface area (Å²) in [5, 5.41) is 3.40. The highest BCUT2D eigenvalue weighted by Crippen LogP contribution is 2.16. The summed E-state index contributed by atoms with van der Waals surface area (Å²) in [6.45, 7) is 1.39. The molecule has 1 aliphatic heterocycles. The first kappa shape index (κ1) is 11.8. The summed E-state index contributed by atoms with van der Waals surface area (Å²) >= 11 is 1.99. The first-order valence-electron chi connectivity index (χ1n) is 4.96. The van der Waals surface area contributed by atoms with E-state index in [4.69, 9.17) is 10.5 Å². The third-order valence-corrected chi connectivity index (χ3v) is 3.30. The summed E-state index contributed by atoms with van der Waals surface area (Å²) < 4.78 is 5.04. The number of hydrogen-bond acceptors (Lipinski definition) is 4. The van der Waals surface area contributed by atoms with Crippen LogP contribution in [0.3, 0.4) is 0 Å². The van der Waals surface area contributed by atoms with Gasteiger partial charge < -0.3 is 15.8 Å². The van der Waals surface area contributed by atoms with Gasteiger partial charge in [0.1, 0.15) is 6.61 Å². The number of rotatable bonds is 6. The van der Waals surface area contributed by atoms with Crippen molar-refractivity contribution in [2.75, 3.05) is 31.3 Å². The normalized spacial score (nSPS) is 22.1. The second-order valence-corrected chi connectivity index (χ2v) is 4.54. The topological polar surface area (TPSA) is 64.4 Å². The molecule has 0 radical (unpaired) electrons. The molecule has 0 bridgehead atoms. The number of amides is 1. The molecular formula is C9H18N2O2S. The van der Waals surface area contributed by atoms with E-state index in [1.54, 1.807) is 0 Å². The lowest BCUT2D eigenvalue weighted by molar-refractivity contribution is -0.122. The van der Waals surface area contributed by atoms with Crippen molar-refractivity contribution in [3.05, 3.63) is 0 Å². The molecule has 1 rings (SSSR count). The smallest absolute Gasteiger partial charge is 0.243 e. The molecule has 0 aliphatic carbocycles. The van der Waals surface area contributed by atoms with Gasteiger partial charge in [-0.1, -0.05) is 0 Å². The Morgan fingerprint density at radius 3 is 3.14 bits per heavy atom. The zero-order valence-corrected chi connectivity index (χ0v) is 9.15. The molecule has 0 aromatic rings. The average Bonchev–Trinajstić information content (AvgIpc) is 2.18. The molecule has 1 aliphatic rings. The van der Waals surface area contributed by atoms with Gasteiger partial charge in [0.2, 0.25) is 5.91 Å². The van der Waals surface area contributed by atoms with Crippen LogP contribution >= 0.6 is 11.8 Å². The molecule has 0 aromatic heterocycles. The monoisotopic (exact) mass is 218 g/mol. The van der Waals surface area contributed by atoms with Crippen LogP contribution in [0.1, 0.15) is 12.8 Å². The first-order chi connectivity index (χ1) is 6.79. The molecule has 14 heavy (non-hydrogen) atoms. The quantitative estimate of drug-likeness (QED) is 0.615. The van der Waals surface area contributed by atoms with E-state index in [1.807, 2.05) is 11.8 Å². The minimum Gasteiger partial charge on any atom is -0.370 e. The third-order valence-electron chi connectivity index (χ3n) is 2.08. The lowest BCUT2D eigenvalue weighted by atomic mass is 10.2. The van der Waals surface area contributed by atoms with Crippen molar-refractivity contribution >= 4 is 17.7 Å². The summed E-state index contributed by atoms with van der Waals surface area (Å²) in [5.41, 5.74) is 4.93. The molecular weight excluding hydrogens is 200 g/mol. The van der Waals surface area contributed by atoms with Crippen LogP contribution in [-0.2, 0) is 9.53 Å². The van der Waals surface area contributed by atoms with E-state index in [2.05, 4.69) is 5.32 Å². The van der Waals surface area contributed by atoms with Crippen molar-refractivity contribution in [3.8, 4) is 0 Å². The number of primary amides is 1. The van der Waals surface area contributed by atoms with Crippen LogP contribution in [0.4, 0.5) is 0 Å². The summed E-state index contributed by atoms with van der Waals surface area (Å²) in [5.74, 6) is 2.07. The number of ether oxygens (including phenoxy) is 1. The Morgan fingerprint density at radius 1 is 1.64 bits per heavy atom. The van der Waals surface area contributed by atoms with E-state index in [0.717, 1.165) is 6.54 Å². The molecule has 1 fully saturated rings. The highest BCUT2D eigenvalue weighted by Gasteiger charge is 2.11. The van der Waals surface area contributed by atoms with Gasteiger partial charge in [0.25, 0.3) is 0 Å². The highest BCUT2D eigenvalue weighted by molar-refractivity contribution is 7.99. The number of nitrogens with two attached hydrogens (primary N) is 1. The van der Waals surface area contributed by atoms with Gasteiger partial charge >= 0.3 is 0 Å². The van der Waals surface area contributed by atoms with E-state index >= 15 is 0 Å². The molecule has 3 N–H and O–H groups in total. The van der Waals surface area contributed by atoms with Gasteiger partial charge in [-0.25, -0.2) is 0 Å². The standard InChI is InChI=1S/C9H18N2O2S/c10-9(12)6-13-4-3-11-8-2-1-5-14-7-8/h8,11H,1-7H2,(H2,10,12). The Labute approximate surface area is 88.9 Å². The van der Waals surface area contributed by atoms with Crippen molar-refractivity contribution in [2.24, 2.45) is 5.73 Å². The van der Waals surface area contributed by atoms with Gasteiger partial charge in [0, 0.05) is 18.3 Å². The number of hydrogen-bond donors (Lipinski definition) is 2. The number of carbonyl (C=O) groups excluding carboxylic acids is 1. The van der Waals surface area contributed by atoms with Crippen LogP contribution in [0.25, 0.3) is 0 Å². The van der Waals surface area contributed by atoms with Gasteiger partial charge in [-0.2, -0.15) is 11.8 Å². The fourth-order valence-corrected chi connectivity index (χ4v) is 2.52. The molecule has 0 spiro atoms. The van der Waals surface area contributed by atoms with Crippen molar-refractivity contribution in [2.45, 2.75) is 18.9 Å². The molecule has 5 heteroatoms. The molecule has 1 amide bonds. The summed E-state index contributed by atoms with van der Waals surface area (Å²) in [4.78, 5) is 10.3. The van der Waals surface area contributed by atoms with E-state index in [-0.39, 0.29) is 6.61 Å². The SMILES string of the molecule is NC(=O)COCCNC1CCCSC1. The van der Waals surface area contributed by atoms with Gasteiger partial charge in [-0.15, -0.1) is 0 Å². The highest BCUT2D eigenvalue weighted by atomic mass is 32.2. The van der Waals surface area contributed by atoms with Crippen LogP contribution < -0.4 is 11.1 Å². The molecule has 0 saturated carbocycles. The second-order valence-electron chi connectivity index (χ2n) is 3.39. The maximum atomic E-state index is 10.3. The van der Waals surface area contributed by atoms with Crippen LogP contribution in [0.15, 0.2) is 0 Å². The van der Waals surface area contributed by atoms with Crippen LogP contribution in [0, 0.1) is 0 Å². The van der Waals surface area contributed by atoms with Crippen LogP contribution in [-0.4, -0.2) is 43.2 Å². The predicted molar refractivity (Wildman–Crippen MR) is 58.4 cm³/mol. The maximum absolute atomic E-state index is 10.3. The van der Waals surface area contributed by atoms with Gasteiger partial charge in [-0.05, 0) is 18.6 Å². The molecule has 1 atom stereocenters. The lowest BCUT2D eigenvalue weighted by Crippen LogP contribution is -2.36. The molecule has 1 unspecified atom stereocenters. The Bertz CT molecular complexity index is 172. The Balaban J connectivity index is 1.90. The van der Waals surface area contributed by atoms with Gasteiger partial charge in [-0.3, -0.25) is 4.79 Å². The third kappa shape index (κ3) is 5.47. The van der Waals surface area contributed by atoms with E-state index in [1.165, 1.54) is 24.3 Å². The molecule has 1 saturated heterocycles. The van der Waals surface area contributed by atoms with E-state index in [9.17, 15) is 4.79 Å². The van der Waals surface area contributed by atoms with Crippen molar-refractivity contribution < 1.29 is 9.53 Å². The summed E-state index contributed by atoms with van der Waals surface area (Å²) in [6, 6.07) is 0.617. The molecule has 82 valence electrons. The van der Waals surface area contributed by atoms with Crippen molar-refractivity contribution in [1.29, 1.82) is 0 Å². The first-order valence-corrected chi connectivity index (χ1v) is 6.11. The number of nitrogens with one attached hydrogen (secondary N) is 1. The fraction of sp³-hybridized carbons (Fsp3) is 0.889. The Kier molecular flexibility index (Phi) is 5.98. The summed E-state index contributed by atoms with van der Waals surface area (Å²) in [6.07, 6.45) is 2.55. The lowest BCUT2D eigenvalue weighted by Gasteiger charge is -2.22. The van der Waals surface area contributed by atoms with Crippen molar-refractivity contribution in [1.82, 2.24) is 5.32 Å². The van der Waals surface area contributed by atoms with E-state index in [0.29, 0.717) is 12.6 Å². The number of thioether (sulfide) groups is 1. The maximum Gasteiger partial charge on any atom is 0.243 e. The zero-order valence-electron chi connectivity index (χ0n) is 8.33.